The lowest BCUT2D eigenvalue weighted by Gasteiger charge is -2.34. The van der Waals surface area contributed by atoms with E-state index >= 15 is 0 Å². The predicted octanol–water partition coefficient (Wildman–Crippen LogP) is 3.61. The van der Waals surface area contributed by atoms with E-state index in [9.17, 15) is 0 Å². The minimum Gasteiger partial charge on any atom is -0.458 e. The molecule has 1 atom stereocenters. The summed E-state index contributed by atoms with van der Waals surface area (Å²) in [4.78, 5) is 5.34. The van der Waals surface area contributed by atoms with Crippen LogP contribution in [0.25, 0.3) is 11.5 Å². The van der Waals surface area contributed by atoms with E-state index in [1.165, 1.54) is 32.4 Å². The van der Waals surface area contributed by atoms with Gasteiger partial charge in [0, 0.05) is 25.3 Å². The second kappa shape index (κ2) is 7.34. The molecular weight excluding hydrogens is 312 g/mol. The van der Waals surface area contributed by atoms with Crippen molar-refractivity contribution in [2.75, 3.05) is 26.2 Å². The van der Waals surface area contributed by atoms with Crippen molar-refractivity contribution in [2.45, 2.75) is 45.7 Å². The molecule has 0 aromatic carbocycles. The van der Waals surface area contributed by atoms with Gasteiger partial charge >= 0.3 is 0 Å². The summed E-state index contributed by atoms with van der Waals surface area (Å²) in [5.74, 6) is 3.58. The first-order valence-corrected chi connectivity index (χ1v) is 9.74. The Morgan fingerprint density at radius 3 is 2.84 bits per heavy atom. The van der Waals surface area contributed by atoms with Crippen LogP contribution in [0.2, 0.25) is 0 Å². The maximum Gasteiger partial charge on any atom is 0.152 e. The van der Waals surface area contributed by atoms with Gasteiger partial charge in [-0.05, 0) is 62.4 Å². The number of hydrogen-bond donors (Lipinski definition) is 1. The second-order valence-electron chi connectivity index (χ2n) is 8.07. The van der Waals surface area contributed by atoms with Gasteiger partial charge in [-0.25, -0.2) is 0 Å². The van der Waals surface area contributed by atoms with E-state index in [2.05, 4.69) is 39.9 Å². The Bertz CT molecular complexity index is 659. The van der Waals surface area contributed by atoms with Crippen LogP contribution in [0.4, 0.5) is 0 Å². The monoisotopic (exact) mass is 342 g/mol. The van der Waals surface area contributed by atoms with E-state index < -0.39 is 0 Å². The highest BCUT2D eigenvalue weighted by atomic mass is 16.3. The molecule has 0 amide bonds. The van der Waals surface area contributed by atoms with Crippen molar-refractivity contribution in [1.29, 1.82) is 0 Å². The number of hydrogen-bond acceptors (Lipinski definition) is 4. The third-order valence-electron chi connectivity index (χ3n) is 5.60. The maximum atomic E-state index is 6.04. The summed E-state index contributed by atoms with van der Waals surface area (Å²) in [6.07, 6.45) is 5.89. The fraction of sp³-hybridized carbons (Fsp3) is 0.650. The van der Waals surface area contributed by atoms with E-state index in [4.69, 9.17) is 4.42 Å². The van der Waals surface area contributed by atoms with Crippen LogP contribution >= 0.6 is 0 Å². The van der Waals surface area contributed by atoms with Crippen molar-refractivity contribution in [1.82, 2.24) is 20.0 Å². The molecule has 1 saturated heterocycles. The molecule has 2 fully saturated rings. The highest BCUT2D eigenvalue weighted by Crippen LogP contribution is 2.32. The average molecular weight is 342 g/mol. The number of aromatic amines is 1. The van der Waals surface area contributed by atoms with Crippen LogP contribution in [-0.4, -0.2) is 52.2 Å². The molecule has 1 N–H and O–H groups in total. The summed E-state index contributed by atoms with van der Waals surface area (Å²) in [6.45, 7) is 10.5. The normalized spacial score (nSPS) is 23.2. The molecule has 0 unspecified atom stereocenters. The summed E-state index contributed by atoms with van der Waals surface area (Å²) in [7, 11) is 0. The van der Waals surface area contributed by atoms with Crippen LogP contribution in [0, 0.1) is 11.8 Å². The van der Waals surface area contributed by atoms with Crippen LogP contribution < -0.4 is 0 Å². The Morgan fingerprint density at radius 1 is 1.24 bits per heavy atom. The molecule has 2 aromatic rings. The Labute approximate surface area is 150 Å². The van der Waals surface area contributed by atoms with Gasteiger partial charge in [-0.2, -0.15) is 5.10 Å². The quantitative estimate of drug-likeness (QED) is 0.871. The Hall–Kier alpha value is -1.59. The first-order valence-electron chi connectivity index (χ1n) is 9.74. The number of aromatic nitrogens is 2. The van der Waals surface area contributed by atoms with Crippen LogP contribution in [0.15, 0.2) is 28.8 Å². The topological polar surface area (TPSA) is 48.3 Å². The third kappa shape index (κ3) is 4.15. The molecule has 2 aromatic heterocycles. The lowest BCUT2D eigenvalue weighted by Crippen LogP contribution is -2.45. The molecule has 5 nitrogen and oxygen atoms in total. The van der Waals surface area contributed by atoms with Gasteiger partial charge in [0.2, 0.25) is 0 Å². The molecule has 136 valence electrons. The molecule has 0 bridgehead atoms. The van der Waals surface area contributed by atoms with Crippen LogP contribution in [0.3, 0.4) is 0 Å². The third-order valence-corrected chi connectivity index (χ3v) is 5.60. The van der Waals surface area contributed by atoms with Crippen molar-refractivity contribution in [3.63, 3.8) is 0 Å². The fourth-order valence-corrected chi connectivity index (χ4v) is 3.99. The fourth-order valence-electron chi connectivity index (χ4n) is 3.99. The maximum absolute atomic E-state index is 6.04. The first-order chi connectivity index (χ1) is 12.2. The zero-order chi connectivity index (χ0) is 17.2. The Balaban J connectivity index is 1.41. The van der Waals surface area contributed by atoms with Crippen molar-refractivity contribution in [3.05, 3.63) is 30.2 Å². The molecule has 3 heterocycles. The lowest BCUT2D eigenvalue weighted by molar-refractivity contribution is 0.129. The van der Waals surface area contributed by atoms with Crippen LogP contribution in [0.5, 0.6) is 0 Å². The number of H-pyrrole nitrogens is 1. The van der Waals surface area contributed by atoms with E-state index in [0.29, 0.717) is 12.0 Å². The van der Waals surface area contributed by atoms with Gasteiger partial charge in [0.15, 0.2) is 5.76 Å². The summed E-state index contributed by atoms with van der Waals surface area (Å²) < 4.78 is 6.04. The Morgan fingerprint density at radius 2 is 2.12 bits per heavy atom. The zero-order valence-electron chi connectivity index (χ0n) is 15.4. The molecule has 0 spiro atoms. The van der Waals surface area contributed by atoms with Gasteiger partial charge in [0.25, 0.3) is 0 Å². The lowest BCUT2D eigenvalue weighted by atomic mass is 10.0. The van der Waals surface area contributed by atoms with E-state index in [-0.39, 0.29) is 0 Å². The molecule has 5 heteroatoms. The van der Waals surface area contributed by atoms with Crippen LogP contribution in [0.1, 0.15) is 38.9 Å². The van der Waals surface area contributed by atoms with Gasteiger partial charge in [-0.3, -0.25) is 14.9 Å². The second-order valence-corrected chi connectivity index (χ2v) is 8.07. The van der Waals surface area contributed by atoms with Gasteiger partial charge in [0.1, 0.15) is 11.5 Å². The molecule has 0 radical (unpaired) electrons. The van der Waals surface area contributed by atoms with Crippen molar-refractivity contribution >= 4 is 0 Å². The number of rotatable bonds is 6. The molecule has 4 rings (SSSR count). The minimum atomic E-state index is 0.658. The molecule has 1 saturated carbocycles. The standard InChI is InChI=1S/C20H30N4O/c1-15(2)19-14-23(10-3-11-24(19)12-16-4-5-16)13-17-6-7-20(25-17)18-8-9-21-22-18/h6-9,15-16,19H,3-5,10-14H2,1-2H3,(H,21,22)/t19-/m1/s1. The van der Waals surface area contributed by atoms with Gasteiger partial charge in [-0.15, -0.1) is 0 Å². The number of nitrogens with zero attached hydrogens (tertiary/aromatic N) is 3. The highest BCUT2D eigenvalue weighted by Gasteiger charge is 2.32. The minimum absolute atomic E-state index is 0.658. The summed E-state index contributed by atoms with van der Waals surface area (Å²) in [5.41, 5.74) is 0.942. The van der Waals surface area contributed by atoms with Gasteiger partial charge in [0.05, 0.1) is 6.54 Å². The predicted molar refractivity (Wildman–Crippen MR) is 99.1 cm³/mol. The van der Waals surface area contributed by atoms with E-state index in [1.54, 1.807) is 6.20 Å². The smallest absolute Gasteiger partial charge is 0.152 e. The zero-order valence-corrected chi connectivity index (χ0v) is 15.4. The van der Waals surface area contributed by atoms with E-state index in [1.807, 2.05) is 12.1 Å². The van der Waals surface area contributed by atoms with Gasteiger partial charge < -0.3 is 4.42 Å². The number of furan rings is 1. The summed E-state index contributed by atoms with van der Waals surface area (Å²) in [5, 5.41) is 6.97. The highest BCUT2D eigenvalue weighted by molar-refractivity contribution is 5.51. The van der Waals surface area contributed by atoms with Crippen molar-refractivity contribution in [2.24, 2.45) is 11.8 Å². The molecule has 2 aliphatic rings. The molecule has 1 aliphatic heterocycles. The van der Waals surface area contributed by atoms with Gasteiger partial charge in [-0.1, -0.05) is 13.8 Å². The molecule has 1 aliphatic carbocycles. The van der Waals surface area contributed by atoms with Crippen LogP contribution in [-0.2, 0) is 6.54 Å². The van der Waals surface area contributed by atoms with E-state index in [0.717, 1.165) is 42.8 Å². The first kappa shape index (κ1) is 16.9. The molecular formula is C20H30N4O. The Kier molecular flexibility index (Phi) is 4.95. The molecule has 25 heavy (non-hydrogen) atoms. The van der Waals surface area contributed by atoms with Crippen molar-refractivity contribution < 1.29 is 4.42 Å². The number of nitrogens with one attached hydrogen (secondary N) is 1. The SMILES string of the molecule is CC(C)[C@H]1CN(Cc2ccc(-c3ccn[nH]3)o2)CCCN1CC1CC1. The average Bonchev–Trinajstić information content (AvgIpc) is 3.08. The summed E-state index contributed by atoms with van der Waals surface area (Å²) >= 11 is 0. The summed E-state index contributed by atoms with van der Waals surface area (Å²) in [6, 6.07) is 6.75. The largest absolute Gasteiger partial charge is 0.458 e. The van der Waals surface area contributed by atoms with Crippen molar-refractivity contribution in [3.8, 4) is 11.5 Å².